The minimum Gasteiger partial charge on any atom is -0.494 e. The van der Waals surface area contributed by atoms with Crippen LogP contribution in [0.25, 0.3) is 0 Å². The van der Waals surface area contributed by atoms with Gasteiger partial charge in [0.2, 0.25) is 0 Å². The first-order chi connectivity index (χ1) is 9.22. The molecule has 2 aromatic rings. The fourth-order valence-electron chi connectivity index (χ4n) is 1.85. The maximum Gasteiger partial charge on any atom is 0.121 e. The van der Waals surface area contributed by atoms with Gasteiger partial charge in [-0.1, -0.05) is 12.1 Å². The smallest absolute Gasteiger partial charge is 0.121 e. The molecule has 0 aromatic heterocycles. The topological polar surface area (TPSA) is 45.0 Å². The van der Waals surface area contributed by atoms with Crippen LogP contribution < -0.4 is 10.1 Å². The van der Waals surface area contributed by atoms with Crippen LogP contribution in [0.2, 0.25) is 0 Å². The molecule has 0 saturated heterocycles. The monoisotopic (exact) mass is 252 g/mol. The summed E-state index contributed by atoms with van der Waals surface area (Å²) in [4.78, 5) is 0. The first-order valence-corrected chi connectivity index (χ1v) is 6.23. The third-order valence-corrected chi connectivity index (χ3v) is 2.72. The summed E-state index contributed by atoms with van der Waals surface area (Å²) in [5.41, 5.74) is 3.43. The Hall–Kier alpha value is -2.47. The zero-order valence-corrected chi connectivity index (χ0v) is 11.1. The Bertz CT molecular complexity index is 614. The predicted octanol–water partition coefficient (Wildman–Crippen LogP) is 4.01. The lowest BCUT2D eigenvalue weighted by atomic mass is 10.1. The number of aryl methyl sites for hydroxylation is 1. The van der Waals surface area contributed by atoms with E-state index in [1.165, 1.54) is 0 Å². The number of hydrogen-bond donors (Lipinski definition) is 1. The van der Waals surface area contributed by atoms with E-state index in [0.29, 0.717) is 12.2 Å². The third-order valence-electron chi connectivity index (χ3n) is 2.72. The highest BCUT2D eigenvalue weighted by Crippen LogP contribution is 2.24. The van der Waals surface area contributed by atoms with E-state index in [-0.39, 0.29) is 0 Å². The van der Waals surface area contributed by atoms with Gasteiger partial charge < -0.3 is 10.1 Å². The molecule has 0 heterocycles. The predicted molar refractivity (Wildman–Crippen MR) is 76.8 cm³/mol. The number of benzene rings is 2. The molecule has 0 unspecified atom stereocenters. The maximum absolute atomic E-state index is 9.15. The molecule has 2 rings (SSSR count). The second kappa shape index (κ2) is 5.92. The zero-order chi connectivity index (χ0) is 13.7. The lowest BCUT2D eigenvalue weighted by molar-refractivity contribution is 0.340. The molecule has 0 radical (unpaired) electrons. The van der Waals surface area contributed by atoms with Crippen molar-refractivity contribution < 1.29 is 4.74 Å². The van der Waals surface area contributed by atoms with Crippen LogP contribution in [0.4, 0.5) is 11.4 Å². The number of nitrogens with one attached hydrogen (secondary N) is 1. The molecular formula is C16H16N2O. The quantitative estimate of drug-likeness (QED) is 0.894. The highest BCUT2D eigenvalue weighted by molar-refractivity contribution is 5.67. The fraction of sp³-hybridized carbons (Fsp3) is 0.188. The van der Waals surface area contributed by atoms with Gasteiger partial charge in [0.1, 0.15) is 11.8 Å². The number of anilines is 2. The zero-order valence-electron chi connectivity index (χ0n) is 11.1. The van der Waals surface area contributed by atoms with E-state index in [2.05, 4.69) is 11.4 Å². The molecular weight excluding hydrogens is 236 g/mol. The number of nitriles is 1. The lowest BCUT2D eigenvalue weighted by Gasteiger charge is -2.10. The van der Waals surface area contributed by atoms with E-state index in [9.17, 15) is 0 Å². The van der Waals surface area contributed by atoms with Gasteiger partial charge in [-0.05, 0) is 43.7 Å². The molecule has 3 nitrogen and oxygen atoms in total. The average Bonchev–Trinajstić information content (AvgIpc) is 2.41. The Kier molecular flexibility index (Phi) is 4.04. The van der Waals surface area contributed by atoms with Crippen molar-refractivity contribution in [2.24, 2.45) is 0 Å². The summed E-state index contributed by atoms with van der Waals surface area (Å²) in [5.74, 6) is 0.818. The van der Waals surface area contributed by atoms with Gasteiger partial charge in [-0.3, -0.25) is 0 Å². The molecule has 96 valence electrons. The minimum absolute atomic E-state index is 0.636. The van der Waals surface area contributed by atoms with Gasteiger partial charge >= 0.3 is 0 Å². The Morgan fingerprint density at radius 1 is 1.21 bits per heavy atom. The van der Waals surface area contributed by atoms with Gasteiger partial charge in [-0.15, -0.1) is 0 Å². The largest absolute Gasteiger partial charge is 0.494 e. The van der Waals surface area contributed by atoms with E-state index in [1.807, 2.05) is 56.3 Å². The van der Waals surface area contributed by atoms with Crippen molar-refractivity contribution in [3.8, 4) is 11.8 Å². The second-order valence-electron chi connectivity index (χ2n) is 4.25. The first-order valence-electron chi connectivity index (χ1n) is 6.23. The molecule has 0 spiro atoms. The van der Waals surface area contributed by atoms with Crippen molar-refractivity contribution in [3.05, 3.63) is 53.6 Å². The number of ether oxygens (including phenoxy) is 1. The second-order valence-corrected chi connectivity index (χ2v) is 4.25. The number of nitrogens with zero attached hydrogens (tertiary/aromatic N) is 1. The molecule has 0 aliphatic rings. The van der Waals surface area contributed by atoms with Crippen molar-refractivity contribution in [2.75, 3.05) is 11.9 Å². The maximum atomic E-state index is 9.15. The van der Waals surface area contributed by atoms with Crippen molar-refractivity contribution in [1.29, 1.82) is 5.26 Å². The molecule has 19 heavy (non-hydrogen) atoms. The summed E-state index contributed by atoms with van der Waals surface area (Å²) < 4.78 is 5.45. The van der Waals surface area contributed by atoms with Gasteiger partial charge in [0.05, 0.1) is 17.9 Å². The Morgan fingerprint density at radius 3 is 2.79 bits per heavy atom. The van der Waals surface area contributed by atoms with Crippen LogP contribution in [-0.4, -0.2) is 6.61 Å². The van der Waals surface area contributed by atoms with E-state index < -0.39 is 0 Å². The van der Waals surface area contributed by atoms with Crippen molar-refractivity contribution in [2.45, 2.75) is 13.8 Å². The average molecular weight is 252 g/mol. The fourth-order valence-corrected chi connectivity index (χ4v) is 1.85. The molecule has 2 aromatic carbocycles. The van der Waals surface area contributed by atoms with Crippen molar-refractivity contribution in [1.82, 2.24) is 0 Å². The van der Waals surface area contributed by atoms with Crippen LogP contribution in [-0.2, 0) is 0 Å². The molecule has 0 bridgehead atoms. The van der Waals surface area contributed by atoms with Crippen LogP contribution in [0.1, 0.15) is 18.1 Å². The summed E-state index contributed by atoms with van der Waals surface area (Å²) in [6, 6.07) is 15.7. The Morgan fingerprint density at radius 2 is 2.05 bits per heavy atom. The summed E-state index contributed by atoms with van der Waals surface area (Å²) >= 11 is 0. The van der Waals surface area contributed by atoms with Crippen LogP contribution in [0.5, 0.6) is 5.75 Å². The van der Waals surface area contributed by atoms with Gasteiger partial charge in [0.15, 0.2) is 0 Å². The standard InChI is InChI=1S/C16H16N2O/c1-3-19-15-6-4-5-14(10-15)18-16-8-7-12(2)9-13(16)11-17/h4-10,18H,3H2,1-2H3. The molecule has 0 atom stereocenters. The van der Waals surface area contributed by atoms with Crippen LogP contribution in [0.3, 0.4) is 0 Å². The van der Waals surface area contributed by atoms with Gasteiger partial charge in [-0.25, -0.2) is 0 Å². The van der Waals surface area contributed by atoms with Gasteiger partial charge in [0.25, 0.3) is 0 Å². The van der Waals surface area contributed by atoms with Gasteiger partial charge in [0, 0.05) is 11.8 Å². The van der Waals surface area contributed by atoms with Crippen molar-refractivity contribution >= 4 is 11.4 Å². The molecule has 0 aliphatic heterocycles. The summed E-state index contributed by atoms with van der Waals surface area (Å²) in [6.45, 7) is 4.56. The normalized spacial score (nSPS) is 9.74. The number of hydrogen-bond acceptors (Lipinski definition) is 3. The number of rotatable bonds is 4. The molecule has 3 heteroatoms. The Balaban J connectivity index is 2.26. The highest BCUT2D eigenvalue weighted by Gasteiger charge is 2.03. The molecule has 0 fully saturated rings. The highest BCUT2D eigenvalue weighted by atomic mass is 16.5. The van der Waals surface area contributed by atoms with Crippen LogP contribution in [0, 0.1) is 18.3 Å². The molecule has 0 amide bonds. The third kappa shape index (κ3) is 3.26. The summed E-state index contributed by atoms with van der Waals surface area (Å²) in [7, 11) is 0. The van der Waals surface area contributed by atoms with Gasteiger partial charge in [-0.2, -0.15) is 5.26 Å². The summed E-state index contributed by atoms with van der Waals surface area (Å²) in [5, 5.41) is 12.4. The Labute approximate surface area is 113 Å². The van der Waals surface area contributed by atoms with E-state index >= 15 is 0 Å². The SMILES string of the molecule is CCOc1cccc(Nc2ccc(C)cc2C#N)c1. The molecule has 0 saturated carbocycles. The minimum atomic E-state index is 0.636. The summed E-state index contributed by atoms with van der Waals surface area (Å²) in [6.07, 6.45) is 0. The van der Waals surface area contributed by atoms with E-state index in [4.69, 9.17) is 10.00 Å². The lowest BCUT2D eigenvalue weighted by Crippen LogP contribution is -1.96. The first kappa shape index (κ1) is 13.0. The van der Waals surface area contributed by atoms with Crippen molar-refractivity contribution in [3.63, 3.8) is 0 Å². The van der Waals surface area contributed by atoms with Crippen LogP contribution in [0.15, 0.2) is 42.5 Å². The van der Waals surface area contributed by atoms with E-state index in [1.54, 1.807) is 0 Å². The van der Waals surface area contributed by atoms with E-state index in [0.717, 1.165) is 22.7 Å². The molecule has 0 aliphatic carbocycles. The van der Waals surface area contributed by atoms with Crippen LogP contribution >= 0.6 is 0 Å². The molecule has 1 N–H and O–H groups in total.